The van der Waals surface area contributed by atoms with Crippen molar-refractivity contribution >= 4 is 60.5 Å². The molecule has 0 radical (unpaired) electrons. The Morgan fingerprint density at radius 2 is 1.09 bits per heavy atom. The van der Waals surface area contributed by atoms with Gasteiger partial charge < -0.3 is 37.2 Å². The van der Waals surface area contributed by atoms with E-state index < -0.39 is 0 Å². The molecule has 0 amide bonds. The minimum absolute atomic E-state index is 0.339. The lowest BCUT2D eigenvalue weighted by atomic mass is 10.1. The lowest BCUT2D eigenvalue weighted by Gasteiger charge is -2.34. The molecule has 1 aliphatic carbocycles. The van der Waals surface area contributed by atoms with E-state index in [4.69, 9.17) is 13.8 Å². The van der Waals surface area contributed by atoms with Gasteiger partial charge in [0.05, 0.1) is 27.0 Å². The smallest absolute Gasteiger partial charge is 0.345 e. The number of imidazole rings is 2. The Kier molecular flexibility index (Phi) is 9.38. The van der Waals surface area contributed by atoms with Crippen molar-refractivity contribution in [2.45, 2.75) is 18.8 Å². The number of likely N-dealkylation sites (N-methyl/N-ethyl adjacent to an activating group) is 2. The summed E-state index contributed by atoms with van der Waals surface area (Å²) in [7, 11) is 4.28. The fraction of sp³-hybridized carbons (Fsp3) is 0.289. The number of benzene rings is 2. The standard InChI is InChI=1S/C24H24N4O2.C21H19BrN4O2/c1-26-9-11-27(12-10-26)18-7-6-17-13-20(24(29)30-22(17)14-18)21-15-28-8-2-3-19(16-4-5-16)23(28)25-21;1-24-7-9-25(10-8-24)15-5-4-14-11-16(21(27)28-19(14)12-15)18-13-26-6-2-3-17(22)20(26)23-18/h2-3,6-8,13-16H,4-5,9-12H2,1H3;2-6,11-13H,7-10H2,1H3. The molecule has 294 valence electrons. The predicted octanol–water partition coefficient (Wildman–Crippen LogP) is 7.36. The summed E-state index contributed by atoms with van der Waals surface area (Å²) < 4.78 is 16.2. The molecule has 0 N–H and O–H groups in total. The number of anilines is 2. The summed E-state index contributed by atoms with van der Waals surface area (Å²) in [5.41, 5.74) is 7.95. The Morgan fingerprint density at radius 3 is 1.59 bits per heavy atom. The molecule has 2 aliphatic heterocycles. The topological polar surface area (TPSA) is 108 Å². The van der Waals surface area contributed by atoms with Crippen LogP contribution in [0.4, 0.5) is 11.4 Å². The van der Waals surface area contributed by atoms with Crippen molar-refractivity contribution in [3.05, 3.63) is 128 Å². The van der Waals surface area contributed by atoms with Crippen molar-refractivity contribution in [2.75, 3.05) is 76.3 Å². The van der Waals surface area contributed by atoms with Crippen molar-refractivity contribution in [1.29, 1.82) is 0 Å². The van der Waals surface area contributed by atoms with E-state index in [-0.39, 0.29) is 11.3 Å². The third-order valence-corrected chi connectivity index (χ3v) is 12.3. The van der Waals surface area contributed by atoms with Gasteiger partial charge in [0.15, 0.2) is 5.65 Å². The SMILES string of the molecule is CN1CCN(c2ccc3cc(-c4cn5cccc(Br)c5n4)c(=O)oc3c2)CC1.CN1CCN(c2ccc3cc(-c4cn5cccc(C6CC6)c5n4)c(=O)oc3c2)CC1. The predicted molar refractivity (Wildman–Crippen MR) is 232 cm³/mol. The average Bonchev–Trinajstić information content (AvgIpc) is 3.83. The van der Waals surface area contributed by atoms with Crippen LogP contribution in [-0.2, 0) is 0 Å². The van der Waals surface area contributed by atoms with Gasteiger partial charge in [-0.05, 0) is 109 Å². The summed E-state index contributed by atoms with van der Waals surface area (Å²) in [5.74, 6) is 0.602. The largest absolute Gasteiger partial charge is 0.422 e. The van der Waals surface area contributed by atoms with Gasteiger partial charge in [-0.3, -0.25) is 0 Å². The van der Waals surface area contributed by atoms with Gasteiger partial charge in [0.1, 0.15) is 16.8 Å². The van der Waals surface area contributed by atoms with Gasteiger partial charge in [0, 0.05) is 111 Å². The van der Waals surface area contributed by atoms with Crippen LogP contribution in [-0.4, -0.2) is 95.0 Å². The van der Waals surface area contributed by atoms with E-state index in [0.717, 1.165) is 90.3 Å². The number of hydrogen-bond acceptors (Lipinski definition) is 10. The van der Waals surface area contributed by atoms with Crippen LogP contribution < -0.4 is 21.1 Å². The number of halogens is 1. The first-order valence-electron chi connectivity index (χ1n) is 19.9. The Labute approximate surface area is 342 Å². The molecule has 2 aromatic carbocycles. The second-order valence-corrected chi connectivity index (χ2v) is 16.6. The molecule has 12 nitrogen and oxygen atoms in total. The van der Waals surface area contributed by atoms with Crippen molar-refractivity contribution in [1.82, 2.24) is 28.6 Å². The summed E-state index contributed by atoms with van der Waals surface area (Å²) in [4.78, 5) is 44.2. The quantitative estimate of drug-likeness (QED) is 0.163. The van der Waals surface area contributed by atoms with Crippen molar-refractivity contribution < 1.29 is 8.83 Å². The molecule has 13 heteroatoms. The van der Waals surface area contributed by atoms with Crippen molar-refractivity contribution in [2.24, 2.45) is 0 Å². The molecule has 8 heterocycles. The Balaban J connectivity index is 0.000000141. The highest BCUT2D eigenvalue weighted by Gasteiger charge is 2.27. The number of fused-ring (bicyclic) bond motifs is 4. The lowest BCUT2D eigenvalue weighted by Crippen LogP contribution is -2.44. The first-order chi connectivity index (χ1) is 28.2. The van der Waals surface area contributed by atoms with E-state index in [1.54, 1.807) is 0 Å². The number of rotatable bonds is 5. The lowest BCUT2D eigenvalue weighted by molar-refractivity contribution is 0.313. The van der Waals surface area contributed by atoms with E-state index in [9.17, 15) is 9.59 Å². The zero-order valence-electron chi connectivity index (χ0n) is 32.5. The van der Waals surface area contributed by atoms with Gasteiger partial charge in [-0.15, -0.1) is 0 Å². The fourth-order valence-electron chi connectivity index (χ4n) is 8.07. The van der Waals surface area contributed by atoms with Crippen molar-refractivity contribution in [3.63, 3.8) is 0 Å². The van der Waals surface area contributed by atoms with Gasteiger partial charge in [-0.1, -0.05) is 6.07 Å². The van der Waals surface area contributed by atoms with Crippen molar-refractivity contribution in [3.8, 4) is 22.5 Å². The molecular weight excluding hydrogens is 796 g/mol. The van der Waals surface area contributed by atoms with Gasteiger partial charge >= 0.3 is 11.3 Å². The van der Waals surface area contributed by atoms with E-state index in [0.29, 0.717) is 39.6 Å². The molecule has 1 saturated carbocycles. The minimum Gasteiger partial charge on any atom is -0.422 e. The summed E-state index contributed by atoms with van der Waals surface area (Å²) in [6, 6.07) is 24.0. The summed E-state index contributed by atoms with van der Waals surface area (Å²) in [6.07, 6.45) is 10.1. The highest BCUT2D eigenvalue weighted by atomic mass is 79.9. The van der Waals surface area contributed by atoms with E-state index >= 15 is 0 Å². The maximum absolute atomic E-state index is 12.8. The highest BCUT2D eigenvalue weighted by molar-refractivity contribution is 9.10. The van der Waals surface area contributed by atoms with Gasteiger partial charge in [0.2, 0.25) is 0 Å². The van der Waals surface area contributed by atoms with E-state index in [2.05, 4.69) is 78.9 Å². The molecule has 3 fully saturated rings. The van der Waals surface area contributed by atoms with E-state index in [1.807, 2.05) is 82.1 Å². The Morgan fingerprint density at radius 1 is 0.603 bits per heavy atom. The Bertz CT molecular complexity index is 2950. The molecule has 0 spiro atoms. The summed E-state index contributed by atoms with van der Waals surface area (Å²) >= 11 is 3.50. The van der Waals surface area contributed by atoms with Gasteiger partial charge in [-0.25, -0.2) is 19.6 Å². The van der Waals surface area contributed by atoms with Crippen LogP contribution in [0.25, 0.3) is 55.7 Å². The average molecular weight is 840 g/mol. The van der Waals surface area contributed by atoms with Crippen LogP contribution in [0.1, 0.15) is 24.3 Å². The third kappa shape index (κ3) is 7.07. The second kappa shape index (κ2) is 14.9. The van der Waals surface area contributed by atoms with Crippen LogP contribution in [0.5, 0.6) is 0 Å². The number of nitrogens with zero attached hydrogens (tertiary/aromatic N) is 8. The molecule has 8 aromatic rings. The van der Waals surface area contributed by atoms with Crippen LogP contribution in [0.15, 0.2) is 120 Å². The summed E-state index contributed by atoms with van der Waals surface area (Å²) in [5, 5.41) is 1.81. The first kappa shape index (κ1) is 36.6. The number of hydrogen-bond donors (Lipinski definition) is 0. The monoisotopic (exact) mass is 838 g/mol. The molecule has 0 bridgehead atoms. The number of piperazine rings is 2. The highest BCUT2D eigenvalue weighted by Crippen LogP contribution is 2.42. The van der Waals surface area contributed by atoms with Crippen LogP contribution in [0.3, 0.4) is 0 Å². The zero-order valence-corrected chi connectivity index (χ0v) is 34.1. The van der Waals surface area contributed by atoms with Gasteiger partial charge in [-0.2, -0.15) is 0 Å². The number of aromatic nitrogens is 4. The normalized spacial score (nSPS) is 16.7. The molecule has 58 heavy (non-hydrogen) atoms. The zero-order chi connectivity index (χ0) is 39.5. The van der Waals surface area contributed by atoms with E-state index in [1.165, 1.54) is 18.4 Å². The summed E-state index contributed by atoms with van der Waals surface area (Å²) in [6.45, 7) is 8.05. The fourth-order valence-corrected chi connectivity index (χ4v) is 8.51. The molecule has 11 rings (SSSR count). The van der Waals surface area contributed by atoms with Crippen LogP contribution in [0.2, 0.25) is 0 Å². The molecule has 3 aliphatic rings. The number of pyridine rings is 2. The Hall–Kier alpha value is -5.76. The maximum Gasteiger partial charge on any atom is 0.345 e. The third-order valence-electron chi connectivity index (χ3n) is 11.7. The van der Waals surface area contributed by atoms with Gasteiger partial charge in [0.25, 0.3) is 0 Å². The van der Waals surface area contributed by atoms with Crippen LogP contribution >= 0.6 is 15.9 Å². The minimum atomic E-state index is -0.373. The molecule has 2 saturated heterocycles. The second-order valence-electron chi connectivity index (χ2n) is 15.7. The molecule has 0 atom stereocenters. The molecular formula is C45H43BrN8O4. The molecule has 6 aromatic heterocycles. The molecule has 0 unspecified atom stereocenters. The first-order valence-corrected chi connectivity index (χ1v) is 20.7. The maximum atomic E-state index is 12.8. The van der Waals surface area contributed by atoms with Crippen LogP contribution in [0, 0.1) is 0 Å².